The molecule has 0 N–H and O–H groups in total. The monoisotopic (exact) mass is 536 g/mol. The van der Waals surface area contributed by atoms with Crippen LogP contribution in [0, 0.1) is 0 Å². The van der Waals surface area contributed by atoms with Gasteiger partial charge in [-0.3, -0.25) is 0 Å². The number of hydrogen-bond acceptors (Lipinski definition) is 4. The fourth-order valence-corrected chi connectivity index (χ4v) is 5.68. The summed E-state index contributed by atoms with van der Waals surface area (Å²) >= 11 is 0. The molecule has 0 bridgehead atoms. The van der Waals surface area contributed by atoms with Gasteiger partial charge in [0.15, 0.2) is 5.82 Å². The van der Waals surface area contributed by atoms with Crippen molar-refractivity contribution in [2.24, 2.45) is 0 Å². The molecule has 0 aliphatic carbocycles. The van der Waals surface area contributed by atoms with E-state index in [1.807, 2.05) is 66.7 Å². The van der Waals surface area contributed by atoms with Crippen LogP contribution < -0.4 is 0 Å². The number of hydrogen-bond donors (Lipinski definition) is 0. The number of pyridine rings is 2. The SMILES string of the molecule is c1ccc(-c2cc(-c3ccccc3)nc(-c3cccc(-c4nc5ccccc5c5c4ccc4ccccc45)n3)n2)cc1. The lowest BCUT2D eigenvalue weighted by atomic mass is 9.96. The Hall–Kier alpha value is -5.74. The first-order valence-corrected chi connectivity index (χ1v) is 14.0. The summed E-state index contributed by atoms with van der Waals surface area (Å²) in [6, 6.07) is 49.6. The molecule has 0 saturated heterocycles. The smallest absolute Gasteiger partial charge is 0.179 e. The van der Waals surface area contributed by atoms with Gasteiger partial charge in [-0.25, -0.2) is 19.9 Å². The van der Waals surface area contributed by atoms with Crippen molar-refractivity contribution in [1.29, 1.82) is 0 Å². The van der Waals surface area contributed by atoms with E-state index < -0.39 is 0 Å². The maximum atomic E-state index is 5.14. The molecular formula is C38H24N4. The standard InChI is InChI=1S/C38H24N4/c1-3-13-26(14-4-1)34-24-35(27-15-5-2-6-16-27)42-38(41-34)33-21-11-20-32(39-33)37-30-23-22-25-12-7-8-17-28(25)36(30)29-18-9-10-19-31(29)40-37/h1-24H. The lowest BCUT2D eigenvalue weighted by Gasteiger charge is -2.13. The van der Waals surface area contributed by atoms with Gasteiger partial charge in [0.25, 0.3) is 0 Å². The zero-order chi connectivity index (χ0) is 27.9. The van der Waals surface area contributed by atoms with Crippen molar-refractivity contribution in [1.82, 2.24) is 19.9 Å². The first-order chi connectivity index (χ1) is 20.8. The van der Waals surface area contributed by atoms with Crippen LogP contribution in [0.25, 0.3) is 77.9 Å². The van der Waals surface area contributed by atoms with Gasteiger partial charge in [-0.1, -0.05) is 121 Å². The molecule has 4 heteroatoms. The van der Waals surface area contributed by atoms with Gasteiger partial charge in [-0.05, 0) is 35.0 Å². The summed E-state index contributed by atoms with van der Waals surface area (Å²) in [4.78, 5) is 20.3. The van der Waals surface area contributed by atoms with Crippen molar-refractivity contribution in [3.63, 3.8) is 0 Å². The lowest BCUT2D eigenvalue weighted by Crippen LogP contribution is -1.99. The van der Waals surface area contributed by atoms with Crippen LogP contribution in [0.3, 0.4) is 0 Å². The Morgan fingerprint density at radius 2 is 0.976 bits per heavy atom. The molecule has 0 aliphatic rings. The fraction of sp³-hybridized carbons (Fsp3) is 0. The average Bonchev–Trinajstić information content (AvgIpc) is 3.08. The number of aromatic nitrogens is 4. The van der Waals surface area contributed by atoms with Crippen LogP contribution in [0.1, 0.15) is 0 Å². The van der Waals surface area contributed by atoms with Gasteiger partial charge >= 0.3 is 0 Å². The largest absolute Gasteiger partial charge is 0.245 e. The Morgan fingerprint density at radius 1 is 0.357 bits per heavy atom. The van der Waals surface area contributed by atoms with Crippen molar-refractivity contribution in [3.8, 4) is 45.4 Å². The molecule has 8 aromatic rings. The highest BCUT2D eigenvalue weighted by Gasteiger charge is 2.16. The summed E-state index contributed by atoms with van der Waals surface area (Å²) in [5.41, 5.74) is 7.04. The van der Waals surface area contributed by atoms with Crippen LogP contribution in [0.2, 0.25) is 0 Å². The second kappa shape index (κ2) is 10.0. The van der Waals surface area contributed by atoms with Crippen molar-refractivity contribution >= 4 is 32.4 Å². The molecular weight excluding hydrogens is 512 g/mol. The van der Waals surface area contributed by atoms with Crippen molar-refractivity contribution < 1.29 is 0 Å². The quantitative estimate of drug-likeness (QED) is 0.210. The summed E-state index contributed by atoms with van der Waals surface area (Å²) in [5, 5.41) is 5.80. The van der Waals surface area contributed by atoms with E-state index >= 15 is 0 Å². The number of benzene rings is 5. The molecule has 4 nitrogen and oxygen atoms in total. The normalized spacial score (nSPS) is 11.3. The summed E-state index contributed by atoms with van der Waals surface area (Å²) in [6.07, 6.45) is 0. The minimum absolute atomic E-state index is 0.576. The van der Waals surface area contributed by atoms with E-state index in [1.165, 1.54) is 16.2 Å². The van der Waals surface area contributed by atoms with Crippen LogP contribution >= 0.6 is 0 Å². The molecule has 3 heterocycles. The molecule has 196 valence electrons. The number of nitrogens with zero attached hydrogens (tertiary/aromatic N) is 4. The van der Waals surface area contributed by atoms with Crippen LogP contribution in [0.15, 0.2) is 146 Å². The number of para-hydroxylation sites is 1. The van der Waals surface area contributed by atoms with Gasteiger partial charge in [-0.15, -0.1) is 0 Å². The highest BCUT2D eigenvalue weighted by Crippen LogP contribution is 2.37. The van der Waals surface area contributed by atoms with E-state index in [0.29, 0.717) is 11.5 Å². The van der Waals surface area contributed by atoms with Crippen molar-refractivity contribution in [2.75, 3.05) is 0 Å². The Balaban J connectivity index is 1.35. The number of rotatable bonds is 4. The van der Waals surface area contributed by atoms with E-state index in [9.17, 15) is 0 Å². The van der Waals surface area contributed by atoms with Crippen LogP contribution in [-0.2, 0) is 0 Å². The van der Waals surface area contributed by atoms with Gasteiger partial charge in [-0.2, -0.15) is 0 Å². The Labute approximate surface area is 243 Å². The maximum Gasteiger partial charge on any atom is 0.179 e. The minimum Gasteiger partial charge on any atom is -0.245 e. The molecule has 0 unspecified atom stereocenters. The predicted octanol–water partition coefficient (Wildman–Crippen LogP) is 9.39. The Bertz CT molecular complexity index is 2170. The van der Waals surface area contributed by atoms with E-state index in [0.717, 1.165) is 50.2 Å². The van der Waals surface area contributed by atoms with Crippen LogP contribution in [-0.4, -0.2) is 19.9 Å². The Morgan fingerprint density at radius 3 is 1.71 bits per heavy atom. The van der Waals surface area contributed by atoms with Gasteiger partial charge < -0.3 is 0 Å². The average molecular weight is 537 g/mol. The molecule has 0 fully saturated rings. The van der Waals surface area contributed by atoms with E-state index in [1.54, 1.807) is 0 Å². The maximum absolute atomic E-state index is 5.14. The molecule has 8 rings (SSSR count). The lowest BCUT2D eigenvalue weighted by molar-refractivity contribution is 1.14. The fourth-order valence-electron chi connectivity index (χ4n) is 5.68. The molecule has 0 aliphatic heterocycles. The van der Waals surface area contributed by atoms with Crippen LogP contribution in [0.5, 0.6) is 0 Å². The third kappa shape index (κ3) is 4.18. The summed E-state index contributed by atoms with van der Waals surface area (Å²) in [7, 11) is 0. The predicted molar refractivity (Wildman–Crippen MR) is 172 cm³/mol. The van der Waals surface area contributed by atoms with E-state index in [4.69, 9.17) is 19.9 Å². The van der Waals surface area contributed by atoms with Crippen molar-refractivity contribution in [3.05, 3.63) is 146 Å². The molecule has 0 radical (unpaired) electrons. The van der Waals surface area contributed by atoms with Crippen LogP contribution in [0.4, 0.5) is 0 Å². The van der Waals surface area contributed by atoms with Gasteiger partial charge in [0.05, 0.1) is 28.3 Å². The molecule has 0 spiro atoms. The summed E-state index contributed by atoms with van der Waals surface area (Å²) < 4.78 is 0. The Kier molecular flexibility index (Phi) is 5.75. The molecule has 3 aromatic heterocycles. The number of fused-ring (bicyclic) bond motifs is 5. The summed E-state index contributed by atoms with van der Waals surface area (Å²) in [5.74, 6) is 0.576. The topological polar surface area (TPSA) is 51.6 Å². The highest BCUT2D eigenvalue weighted by atomic mass is 14.9. The second-order valence-electron chi connectivity index (χ2n) is 10.3. The zero-order valence-electron chi connectivity index (χ0n) is 22.6. The molecule has 0 saturated carbocycles. The molecule has 0 amide bonds. The minimum atomic E-state index is 0.576. The zero-order valence-corrected chi connectivity index (χ0v) is 22.6. The summed E-state index contributed by atoms with van der Waals surface area (Å²) in [6.45, 7) is 0. The third-order valence-electron chi connectivity index (χ3n) is 7.68. The van der Waals surface area contributed by atoms with Gasteiger partial charge in [0.2, 0.25) is 0 Å². The van der Waals surface area contributed by atoms with E-state index in [2.05, 4.69) is 78.9 Å². The first-order valence-electron chi connectivity index (χ1n) is 14.0. The van der Waals surface area contributed by atoms with Crippen molar-refractivity contribution in [2.45, 2.75) is 0 Å². The molecule has 42 heavy (non-hydrogen) atoms. The van der Waals surface area contributed by atoms with E-state index in [-0.39, 0.29) is 0 Å². The highest BCUT2D eigenvalue weighted by molar-refractivity contribution is 6.22. The van der Waals surface area contributed by atoms with Gasteiger partial charge in [0.1, 0.15) is 5.69 Å². The third-order valence-corrected chi connectivity index (χ3v) is 7.68. The first kappa shape index (κ1) is 24.1. The van der Waals surface area contributed by atoms with Gasteiger partial charge in [0, 0.05) is 27.3 Å². The molecule has 5 aromatic carbocycles. The second-order valence-corrected chi connectivity index (χ2v) is 10.3. The molecule has 0 atom stereocenters.